The lowest BCUT2D eigenvalue weighted by atomic mass is 9.58. The van der Waals surface area contributed by atoms with Gasteiger partial charge in [-0.3, -0.25) is 0 Å². The van der Waals surface area contributed by atoms with Gasteiger partial charge in [0.25, 0.3) is 0 Å². The van der Waals surface area contributed by atoms with Crippen LogP contribution in [0.15, 0.2) is 18.2 Å². The minimum Gasteiger partial charge on any atom is -0.508 e. The summed E-state index contributed by atoms with van der Waals surface area (Å²) >= 11 is 0. The summed E-state index contributed by atoms with van der Waals surface area (Å²) in [5, 5.41) is 9.91. The summed E-state index contributed by atoms with van der Waals surface area (Å²) in [7, 11) is 2.50. The fourth-order valence-corrected chi connectivity index (χ4v) is 5.24. The van der Waals surface area contributed by atoms with Gasteiger partial charge in [-0.25, -0.2) is 0 Å². The van der Waals surface area contributed by atoms with Crippen molar-refractivity contribution in [2.75, 3.05) is 20.1 Å². The summed E-state index contributed by atoms with van der Waals surface area (Å²) < 4.78 is 1.28. The SMILES string of the molecule is CC1C2Cc3ccc(O)cc3[C@@]1(C)CC[N+]2(C)CC1CC1. The highest BCUT2D eigenvalue weighted by molar-refractivity contribution is 5.43. The predicted octanol–water partition coefficient (Wildman–Crippen LogP) is 3.47. The molecule has 2 bridgehead atoms. The molecule has 0 amide bonds. The van der Waals surface area contributed by atoms with Gasteiger partial charge >= 0.3 is 0 Å². The summed E-state index contributed by atoms with van der Waals surface area (Å²) in [6, 6.07) is 6.84. The third-order valence-electron chi connectivity index (χ3n) is 7.03. The molecule has 0 spiro atoms. The molecule has 3 aliphatic rings. The van der Waals surface area contributed by atoms with E-state index in [0.717, 1.165) is 12.0 Å². The Bertz CT molecular complexity index is 579. The lowest BCUT2D eigenvalue weighted by Crippen LogP contribution is -2.67. The van der Waals surface area contributed by atoms with Crippen molar-refractivity contribution < 1.29 is 9.59 Å². The van der Waals surface area contributed by atoms with Crippen LogP contribution in [0.3, 0.4) is 0 Å². The molecule has 1 heterocycles. The van der Waals surface area contributed by atoms with E-state index in [1.807, 2.05) is 12.1 Å². The lowest BCUT2D eigenvalue weighted by Gasteiger charge is -2.58. The van der Waals surface area contributed by atoms with Crippen molar-refractivity contribution in [2.24, 2.45) is 11.8 Å². The summed E-state index contributed by atoms with van der Waals surface area (Å²) in [4.78, 5) is 0. The number of nitrogens with zero attached hydrogens (tertiary/aromatic N) is 1. The molecular weight excluding hydrogens is 258 g/mol. The largest absolute Gasteiger partial charge is 0.508 e. The summed E-state index contributed by atoms with van der Waals surface area (Å²) in [6.07, 6.45) is 5.35. The monoisotopic (exact) mass is 286 g/mol. The molecule has 2 aliphatic carbocycles. The van der Waals surface area contributed by atoms with Crippen LogP contribution in [-0.4, -0.2) is 35.8 Å². The molecule has 1 aromatic carbocycles. The molecule has 2 fully saturated rings. The summed E-state index contributed by atoms with van der Waals surface area (Å²) in [5.74, 6) is 2.12. The number of hydrogen-bond donors (Lipinski definition) is 1. The van der Waals surface area contributed by atoms with E-state index in [1.54, 1.807) is 0 Å². The highest BCUT2D eigenvalue weighted by Gasteiger charge is 2.55. The van der Waals surface area contributed by atoms with E-state index in [4.69, 9.17) is 0 Å². The fourth-order valence-electron chi connectivity index (χ4n) is 5.24. The molecule has 1 N–H and O–H groups in total. The molecule has 3 unspecified atom stereocenters. The molecule has 114 valence electrons. The first-order valence-electron chi connectivity index (χ1n) is 8.59. The number of fused-ring (bicyclic) bond motifs is 4. The minimum atomic E-state index is 0.248. The summed E-state index contributed by atoms with van der Waals surface area (Å²) in [5.41, 5.74) is 3.15. The second-order valence-corrected chi connectivity index (χ2v) is 8.40. The van der Waals surface area contributed by atoms with Crippen LogP contribution in [0.4, 0.5) is 0 Å². The van der Waals surface area contributed by atoms with Gasteiger partial charge in [0.1, 0.15) is 5.75 Å². The van der Waals surface area contributed by atoms with Gasteiger partial charge in [0, 0.05) is 30.1 Å². The van der Waals surface area contributed by atoms with Crippen molar-refractivity contribution >= 4 is 0 Å². The average Bonchev–Trinajstić information content (AvgIpc) is 3.24. The average molecular weight is 286 g/mol. The number of likely N-dealkylation sites (tertiary alicyclic amines) is 1. The van der Waals surface area contributed by atoms with Crippen molar-refractivity contribution in [3.8, 4) is 5.75 Å². The van der Waals surface area contributed by atoms with Gasteiger partial charge in [0.2, 0.25) is 0 Å². The molecule has 2 nitrogen and oxygen atoms in total. The number of piperidine rings is 1. The smallest absolute Gasteiger partial charge is 0.115 e. The van der Waals surface area contributed by atoms with Crippen molar-refractivity contribution in [3.05, 3.63) is 29.3 Å². The van der Waals surface area contributed by atoms with E-state index >= 15 is 0 Å². The van der Waals surface area contributed by atoms with E-state index in [0.29, 0.717) is 11.7 Å². The van der Waals surface area contributed by atoms with Crippen molar-refractivity contribution in [1.29, 1.82) is 0 Å². The van der Waals surface area contributed by atoms with Crippen molar-refractivity contribution in [1.82, 2.24) is 0 Å². The molecule has 4 rings (SSSR count). The maximum absolute atomic E-state index is 9.91. The number of phenols is 1. The molecule has 2 heteroatoms. The van der Waals surface area contributed by atoms with Crippen LogP contribution in [0, 0.1) is 11.8 Å². The van der Waals surface area contributed by atoms with Crippen LogP contribution in [0.2, 0.25) is 0 Å². The number of benzene rings is 1. The Kier molecular flexibility index (Phi) is 2.76. The number of aromatic hydroxyl groups is 1. The number of phenolic OH excluding ortho intramolecular Hbond substituents is 1. The quantitative estimate of drug-likeness (QED) is 0.825. The third kappa shape index (κ3) is 1.95. The zero-order chi connectivity index (χ0) is 14.8. The molecule has 1 aliphatic heterocycles. The molecule has 1 aromatic rings. The van der Waals surface area contributed by atoms with Crippen molar-refractivity contribution in [3.63, 3.8) is 0 Å². The van der Waals surface area contributed by atoms with Gasteiger partial charge < -0.3 is 9.59 Å². The Morgan fingerprint density at radius 2 is 2.10 bits per heavy atom. The number of quaternary nitrogens is 1. The van der Waals surface area contributed by atoms with Crippen LogP contribution in [-0.2, 0) is 11.8 Å². The maximum atomic E-state index is 9.91. The Balaban J connectivity index is 1.76. The summed E-state index contributed by atoms with van der Waals surface area (Å²) in [6.45, 7) is 7.58. The van der Waals surface area contributed by atoms with E-state index in [1.165, 1.54) is 54.4 Å². The normalized spacial score (nSPS) is 41.7. The van der Waals surface area contributed by atoms with Crippen LogP contribution in [0.25, 0.3) is 0 Å². The Morgan fingerprint density at radius 1 is 1.33 bits per heavy atom. The number of hydrogen-bond acceptors (Lipinski definition) is 1. The second-order valence-electron chi connectivity index (χ2n) is 8.40. The van der Waals surface area contributed by atoms with Crippen LogP contribution in [0.5, 0.6) is 5.75 Å². The predicted molar refractivity (Wildman–Crippen MR) is 85.4 cm³/mol. The highest BCUT2D eigenvalue weighted by atomic mass is 16.3. The topological polar surface area (TPSA) is 20.2 Å². The van der Waals surface area contributed by atoms with Crippen LogP contribution < -0.4 is 0 Å². The highest BCUT2D eigenvalue weighted by Crippen LogP contribution is 2.52. The molecule has 21 heavy (non-hydrogen) atoms. The first-order chi connectivity index (χ1) is 9.92. The van der Waals surface area contributed by atoms with Gasteiger partial charge in [0.05, 0.1) is 26.2 Å². The van der Waals surface area contributed by atoms with Gasteiger partial charge in [0.15, 0.2) is 0 Å². The van der Waals surface area contributed by atoms with Crippen molar-refractivity contribution in [2.45, 2.75) is 51.0 Å². The Labute approximate surface area is 128 Å². The van der Waals surface area contributed by atoms with E-state index in [-0.39, 0.29) is 5.41 Å². The Hall–Kier alpha value is -1.02. The third-order valence-corrected chi connectivity index (χ3v) is 7.03. The van der Waals surface area contributed by atoms with E-state index in [9.17, 15) is 5.11 Å². The van der Waals surface area contributed by atoms with Gasteiger partial charge in [-0.1, -0.05) is 19.9 Å². The number of likely N-dealkylation sites (N-methyl/N-ethyl adjacent to an activating group) is 1. The Morgan fingerprint density at radius 3 is 2.81 bits per heavy atom. The van der Waals surface area contributed by atoms with Crippen LogP contribution in [0.1, 0.15) is 44.2 Å². The standard InChI is InChI=1S/C19H27NO/c1-13-18-10-15-6-7-16(21)11-17(15)19(13,2)8-9-20(18,3)12-14-4-5-14/h6-7,11,13-14,18H,4-5,8-10,12H2,1-3H3/p+1/t13?,18?,19-,20?/m0/s1. The van der Waals surface area contributed by atoms with Gasteiger partial charge in [-0.2, -0.15) is 0 Å². The minimum absolute atomic E-state index is 0.248. The van der Waals surface area contributed by atoms with E-state index in [2.05, 4.69) is 27.0 Å². The van der Waals surface area contributed by atoms with Gasteiger partial charge in [-0.05, 0) is 36.1 Å². The molecule has 1 saturated carbocycles. The lowest BCUT2D eigenvalue weighted by molar-refractivity contribution is -0.946. The van der Waals surface area contributed by atoms with Crippen LogP contribution >= 0.6 is 0 Å². The zero-order valence-electron chi connectivity index (χ0n) is 13.6. The first-order valence-corrected chi connectivity index (χ1v) is 8.59. The van der Waals surface area contributed by atoms with E-state index < -0.39 is 0 Å². The molecule has 4 atom stereocenters. The number of rotatable bonds is 2. The fraction of sp³-hybridized carbons (Fsp3) is 0.684. The maximum Gasteiger partial charge on any atom is 0.115 e. The molecular formula is C19H28NO+. The molecule has 0 radical (unpaired) electrons. The zero-order valence-corrected chi connectivity index (χ0v) is 13.6. The molecule has 1 saturated heterocycles. The molecule has 0 aromatic heterocycles. The van der Waals surface area contributed by atoms with Gasteiger partial charge in [-0.15, -0.1) is 0 Å². The first kappa shape index (κ1) is 13.6. The second kappa shape index (κ2) is 4.25.